The maximum absolute atomic E-state index is 8.86. The molecule has 1 N–H and O–H groups in total. The summed E-state index contributed by atoms with van der Waals surface area (Å²) < 4.78 is 11.0. The average molecular weight is 278 g/mol. The van der Waals surface area contributed by atoms with Gasteiger partial charge in [-0.05, 0) is 12.1 Å². The van der Waals surface area contributed by atoms with Gasteiger partial charge in [0.1, 0.15) is 6.61 Å². The van der Waals surface area contributed by atoms with Crippen molar-refractivity contribution in [1.82, 2.24) is 4.90 Å². The third-order valence-corrected chi connectivity index (χ3v) is 3.65. The van der Waals surface area contributed by atoms with E-state index in [1.807, 2.05) is 24.3 Å². The Morgan fingerprint density at radius 2 is 2.10 bits per heavy atom. The second-order valence-electron chi connectivity index (χ2n) is 5.04. The van der Waals surface area contributed by atoms with Gasteiger partial charge in [-0.2, -0.15) is 0 Å². The summed E-state index contributed by atoms with van der Waals surface area (Å²) in [4.78, 5) is 2.33. The molecule has 110 valence electrons. The molecule has 1 aliphatic rings. The fourth-order valence-electron chi connectivity index (χ4n) is 2.48. The average Bonchev–Trinajstić information content (AvgIpc) is 2.48. The molecule has 0 bridgehead atoms. The number of piperidine rings is 1. The first-order chi connectivity index (χ1) is 9.74. The SMILES string of the molecule is COc1ccccc1OCCN1CC/C(=N/O)C(C)C1. The van der Waals surface area contributed by atoms with E-state index in [0.29, 0.717) is 12.5 Å². The first-order valence-corrected chi connectivity index (χ1v) is 6.93. The molecule has 1 aliphatic heterocycles. The third-order valence-electron chi connectivity index (χ3n) is 3.65. The Kier molecular flexibility index (Phi) is 5.24. The maximum atomic E-state index is 8.86. The highest BCUT2D eigenvalue weighted by Crippen LogP contribution is 2.25. The summed E-state index contributed by atoms with van der Waals surface area (Å²) in [7, 11) is 1.64. The molecular formula is C15H22N2O3. The van der Waals surface area contributed by atoms with E-state index in [1.54, 1.807) is 7.11 Å². The molecule has 1 heterocycles. The minimum absolute atomic E-state index is 0.306. The van der Waals surface area contributed by atoms with Crippen molar-refractivity contribution < 1.29 is 14.7 Å². The van der Waals surface area contributed by atoms with Crippen molar-refractivity contribution in [2.24, 2.45) is 11.1 Å². The van der Waals surface area contributed by atoms with E-state index in [2.05, 4.69) is 17.0 Å². The van der Waals surface area contributed by atoms with Gasteiger partial charge >= 0.3 is 0 Å². The molecule has 5 nitrogen and oxygen atoms in total. The lowest BCUT2D eigenvalue weighted by Gasteiger charge is -2.31. The van der Waals surface area contributed by atoms with Crippen LogP contribution < -0.4 is 9.47 Å². The summed E-state index contributed by atoms with van der Waals surface area (Å²) in [6.45, 7) is 5.40. The van der Waals surface area contributed by atoms with E-state index in [4.69, 9.17) is 14.7 Å². The Hall–Kier alpha value is -1.75. The number of hydrogen-bond acceptors (Lipinski definition) is 5. The molecule has 0 spiro atoms. The van der Waals surface area contributed by atoms with Crippen molar-refractivity contribution in [3.63, 3.8) is 0 Å². The number of rotatable bonds is 5. The molecule has 0 aromatic heterocycles. The monoisotopic (exact) mass is 278 g/mol. The van der Waals surface area contributed by atoms with Gasteiger partial charge in [-0.1, -0.05) is 24.2 Å². The number of ether oxygens (including phenoxy) is 2. The highest BCUT2D eigenvalue weighted by atomic mass is 16.5. The number of para-hydroxylation sites is 2. The molecule has 0 aliphatic carbocycles. The summed E-state index contributed by atoms with van der Waals surface area (Å²) in [5, 5.41) is 12.2. The molecular weight excluding hydrogens is 256 g/mol. The lowest BCUT2D eigenvalue weighted by molar-refractivity contribution is 0.187. The Morgan fingerprint density at radius 1 is 1.35 bits per heavy atom. The van der Waals surface area contributed by atoms with Crippen molar-refractivity contribution in [2.45, 2.75) is 13.3 Å². The highest BCUT2D eigenvalue weighted by molar-refractivity contribution is 5.86. The smallest absolute Gasteiger partial charge is 0.161 e. The van der Waals surface area contributed by atoms with Gasteiger partial charge in [0, 0.05) is 32.0 Å². The van der Waals surface area contributed by atoms with Crippen LogP contribution in [0.1, 0.15) is 13.3 Å². The first kappa shape index (κ1) is 14.7. The van der Waals surface area contributed by atoms with E-state index in [0.717, 1.165) is 43.3 Å². The number of likely N-dealkylation sites (tertiary alicyclic amines) is 1. The van der Waals surface area contributed by atoms with Crippen molar-refractivity contribution in [2.75, 3.05) is 33.4 Å². The second-order valence-corrected chi connectivity index (χ2v) is 5.04. The quantitative estimate of drug-likeness (QED) is 0.663. The Labute approximate surface area is 119 Å². The molecule has 20 heavy (non-hydrogen) atoms. The first-order valence-electron chi connectivity index (χ1n) is 6.93. The molecule has 1 aromatic carbocycles. The standard InChI is InChI=1S/C15H22N2O3/c1-12-11-17(8-7-13(12)16-18)9-10-20-15-6-4-3-5-14(15)19-2/h3-6,12,18H,7-11H2,1-2H3/b16-13-. The van der Waals surface area contributed by atoms with Crippen LogP contribution in [0.3, 0.4) is 0 Å². The lowest BCUT2D eigenvalue weighted by atomic mass is 9.98. The normalized spacial score (nSPS) is 21.9. The fourth-order valence-corrected chi connectivity index (χ4v) is 2.48. The summed E-state index contributed by atoms with van der Waals surface area (Å²) in [6, 6.07) is 7.66. The molecule has 1 aromatic rings. The summed E-state index contributed by atoms with van der Waals surface area (Å²) in [5.41, 5.74) is 0.895. The van der Waals surface area contributed by atoms with Crippen LogP contribution in [0.25, 0.3) is 0 Å². The maximum Gasteiger partial charge on any atom is 0.161 e. The van der Waals surface area contributed by atoms with Crippen LogP contribution in [0, 0.1) is 5.92 Å². The molecule has 0 amide bonds. The summed E-state index contributed by atoms with van der Waals surface area (Å²) in [6.07, 6.45) is 0.826. The van der Waals surface area contributed by atoms with Crippen LogP contribution in [0.15, 0.2) is 29.4 Å². The third kappa shape index (κ3) is 3.63. The van der Waals surface area contributed by atoms with Gasteiger partial charge in [0.05, 0.1) is 12.8 Å². The van der Waals surface area contributed by atoms with Crippen LogP contribution in [0.4, 0.5) is 0 Å². The zero-order valence-corrected chi connectivity index (χ0v) is 12.1. The number of benzene rings is 1. The van der Waals surface area contributed by atoms with Crippen LogP contribution >= 0.6 is 0 Å². The van der Waals surface area contributed by atoms with Gasteiger partial charge in [0.25, 0.3) is 0 Å². The molecule has 2 rings (SSSR count). The van der Waals surface area contributed by atoms with Crippen LogP contribution in [0.2, 0.25) is 0 Å². The number of nitrogens with zero attached hydrogens (tertiary/aromatic N) is 2. The van der Waals surface area contributed by atoms with Crippen molar-refractivity contribution >= 4 is 5.71 Å². The van der Waals surface area contributed by atoms with Gasteiger partial charge in [-0.3, -0.25) is 4.90 Å². The summed E-state index contributed by atoms with van der Waals surface area (Å²) >= 11 is 0. The van der Waals surface area contributed by atoms with Crippen molar-refractivity contribution in [3.8, 4) is 11.5 Å². The fraction of sp³-hybridized carbons (Fsp3) is 0.533. The van der Waals surface area contributed by atoms with Crippen LogP contribution in [0.5, 0.6) is 11.5 Å². The van der Waals surface area contributed by atoms with E-state index in [1.165, 1.54) is 0 Å². The minimum atomic E-state index is 0.306. The van der Waals surface area contributed by atoms with E-state index in [9.17, 15) is 0 Å². The molecule has 0 saturated carbocycles. The van der Waals surface area contributed by atoms with E-state index < -0.39 is 0 Å². The van der Waals surface area contributed by atoms with Crippen LogP contribution in [-0.4, -0.2) is 49.2 Å². The molecule has 0 radical (unpaired) electrons. The minimum Gasteiger partial charge on any atom is -0.493 e. The van der Waals surface area contributed by atoms with E-state index >= 15 is 0 Å². The molecule has 1 saturated heterocycles. The van der Waals surface area contributed by atoms with Crippen LogP contribution in [-0.2, 0) is 0 Å². The molecule has 1 unspecified atom stereocenters. The van der Waals surface area contributed by atoms with Gasteiger partial charge in [0.2, 0.25) is 0 Å². The summed E-state index contributed by atoms with van der Waals surface area (Å²) in [5.74, 6) is 1.84. The molecule has 1 atom stereocenters. The van der Waals surface area contributed by atoms with Gasteiger partial charge < -0.3 is 14.7 Å². The zero-order valence-electron chi connectivity index (χ0n) is 12.1. The number of methoxy groups -OCH3 is 1. The molecule has 5 heteroatoms. The predicted molar refractivity (Wildman–Crippen MR) is 77.9 cm³/mol. The second kappa shape index (κ2) is 7.14. The zero-order chi connectivity index (χ0) is 14.4. The predicted octanol–water partition coefficient (Wildman–Crippen LogP) is 2.25. The Bertz CT molecular complexity index is 462. The Balaban J connectivity index is 1.79. The van der Waals surface area contributed by atoms with Gasteiger partial charge in [-0.25, -0.2) is 0 Å². The van der Waals surface area contributed by atoms with Crippen molar-refractivity contribution in [3.05, 3.63) is 24.3 Å². The lowest BCUT2D eigenvalue weighted by Crippen LogP contribution is -2.41. The largest absolute Gasteiger partial charge is 0.493 e. The molecule has 1 fully saturated rings. The Morgan fingerprint density at radius 3 is 2.75 bits per heavy atom. The number of hydrogen-bond donors (Lipinski definition) is 1. The highest BCUT2D eigenvalue weighted by Gasteiger charge is 2.22. The van der Waals surface area contributed by atoms with E-state index in [-0.39, 0.29) is 0 Å². The van der Waals surface area contributed by atoms with Crippen molar-refractivity contribution in [1.29, 1.82) is 0 Å². The number of oxime groups is 1. The topological polar surface area (TPSA) is 54.3 Å². The van der Waals surface area contributed by atoms with Gasteiger partial charge in [0.15, 0.2) is 11.5 Å². The van der Waals surface area contributed by atoms with Gasteiger partial charge in [-0.15, -0.1) is 0 Å².